The molecule has 0 bridgehead atoms. The second-order valence-corrected chi connectivity index (χ2v) is 5.89. The van der Waals surface area contributed by atoms with E-state index >= 15 is 0 Å². The average Bonchev–Trinajstić information content (AvgIpc) is 2.55. The molecule has 0 radical (unpaired) electrons. The molecule has 2 aromatic carbocycles. The monoisotopic (exact) mass is 382 g/mol. The number of carboxylic acid groups (broad SMARTS) is 2. The molecular weight excluding hydrogens is 367 g/mol. The summed E-state index contributed by atoms with van der Waals surface area (Å²) in [4.78, 5) is 31.8. The Hall–Kier alpha value is -2.37. The minimum atomic E-state index is -0.965. The number of Topliss-reactive ketones (excluding diaryl/α,β-unsaturated/α-hetero) is 1. The van der Waals surface area contributed by atoms with Crippen molar-refractivity contribution in [3.63, 3.8) is 0 Å². The lowest BCUT2D eigenvalue weighted by Crippen LogP contribution is -2.03. The number of rotatable bonds is 6. The summed E-state index contributed by atoms with van der Waals surface area (Å²) < 4.78 is 0. The van der Waals surface area contributed by atoms with E-state index in [1.165, 1.54) is 0 Å². The number of carbonyl (C=O) groups excluding carboxylic acids is 1. The van der Waals surface area contributed by atoms with Crippen molar-refractivity contribution in [3.8, 4) is 0 Å². The Morgan fingerprint density at radius 1 is 0.720 bits per heavy atom. The van der Waals surface area contributed by atoms with E-state index in [9.17, 15) is 14.4 Å². The number of ketones is 1. The van der Waals surface area contributed by atoms with Crippen molar-refractivity contribution in [2.75, 3.05) is 0 Å². The lowest BCUT2D eigenvalue weighted by Gasteiger charge is -1.98. The van der Waals surface area contributed by atoms with Gasteiger partial charge in [-0.15, -0.1) is 0 Å². The van der Waals surface area contributed by atoms with Gasteiger partial charge >= 0.3 is 11.9 Å². The number of halogens is 2. The van der Waals surface area contributed by atoms with Crippen molar-refractivity contribution in [3.05, 3.63) is 69.7 Å². The summed E-state index contributed by atoms with van der Waals surface area (Å²) in [6, 6.07) is 13.2. The van der Waals surface area contributed by atoms with E-state index in [1.54, 1.807) is 48.5 Å². The number of carboxylic acids is 2. The number of hydrogen-bond acceptors (Lipinski definition) is 3. The van der Waals surface area contributed by atoms with E-state index in [2.05, 4.69) is 0 Å². The maximum Gasteiger partial charge on any atom is 0.307 e. The summed E-state index contributed by atoms with van der Waals surface area (Å²) >= 11 is 11.2. The maximum atomic E-state index is 11.4. The van der Waals surface area contributed by atoms with Gasteiger partial charge in [0.05, 0.1) is 12.8 Å². The Morgan fingerprint density at radius 2 is 1.20 bits per heavy atom. The Balaban J connectivity index is 0.000000257. The van der Waals surface area contributed by atoms with Gasteiger partial charge < -0.3 is 10.2 Å². The van der Waals surface area contributed by atoms with Crippen LogP contribution in [-0.2, 0) is 16.0 Å². The van der Waals surface area contributed by atoms with Crippen molar-refractivity contribution in [1.29, 1.82) is 0 Å². The predicted molar refractivity (Wildman–Crippen MR) is 95.4 cm³/mol. The molecule has 0 spiro atoms. The Morgan fingerprint density at radius 3 is 1.64 bits per heavy atom. The van der Waals surface area contributed by atoms with Crippen LogP contribution in [0.25, 0.3) is 0 Å². The van der Waals surface area contributed by atoms with Crippen LogP contribution in [0.1, 0.15) is 28.8 Å². The molecule has 0 aliphatic heterocycles. The third-order valence-electron chi connectivity index (χ3n) is 3.00. The van der Waals surface area contributed by atoms with E-state index < -0.39 is 11.9 Å². The minimum Gasteiger partial charge on any atom is -0.481 e. The van der Waals surface area contributed by atoms with Gasteiger partial charge in [0.15, 0.2) is 5.78 Å². The fraction of sp³-hybridized carbons (Fsp3) is 0.167. The van der Waals surface area contributed by atoms with Crippen molar-refractivity contribution in [2.45, 2.75) is 19.3 Å². The summed E-state index contributed by atoms with van der Waals surface area (Å²) in [5.41, 5.74) is 1.26. The predicted octanol–water partition coefficient (Wildman–Crippen LogP) is 4.35. The zero-order valence-electron chi connectivity index (χ0n) is 13.1. The molecule has 0 aliphatic carbocycles. The molecule has 0 unspecified atom stereocenters. The van der Waals surface area contributed by atoms with Crippen molar-refractivity contribution < 1.29 is 24.6 Å². The molecule has 2 aromatic rings. The van der Waals surface area contributed by atoms with Crippen LogP contribution >= 0.6 is 23.2 Å². The molecule has 0 fully saturated rings. The van der Waals surface area contributed by atoms with Gasteiger partial charge in [-0.2, -0.15) is 0 Å². The molecule has 0 atom stereocenters. The first-order chi connectivity index (χ1) is 11.8. The van der Waals surface area contributed by atoms with Crippen LogP contribution in [-0.4, -0.2) is 27.9 Å². The molecule has 5 nitrogen and oxygen atoms in total. The number of carbonyl (C=O) groups is 3. The average molecular weight is 383 g/mol. The van der Waals surface area contributed by atoms with Crippen LogP contribution in [0.15, 0.2) is 48.5 Å². The van der Waals surface area contributed by atoms with Crippen LogP contribution in [0.3, 0.4) is 0 Å². The second kappa shape index (κ2) is 10.5. The van der Waals surface area contributed by atoms with Crippen molar-refractivity contribution in [2.24, 2.45) is 0 Å². The highest BCUT2D eigenvalue weighted by atomic mass is 35.5. The summed E-state index contributed by atoms with van der Waals surface area (Å²) in [5.74, 6) is -1.97. The van der Waals surface area contributed by atoms with Gasteiger partial charge in [-0.3, -0.25) is 14.4 Å². The third-order valence-corrected chi connectivity index (χ3v) is 3.50. The van der Waals surface area contributed by atoms with Crippen LogP contribution in [0.2, 0.25) is 10.0 Å². The zero-order chi connectivity index (χ0) is 18.8. The molecule has 7 heteroatoms. The number of hydrogen-bond donors (Lipinski definition) is 2. The van der Waals surface area contributed by atoms with Crippen LogP contribution in [0.5, 0.6) is 0 Å². The highest BCUT2D eigenvalue weighted by molar-refractivity contribution is 6.30. The topological polar surface area (TPSA) is 91.7 Å². The summed E-state index contributed by atoms with van der Waals surface area (Å²) in [5, 5.41) is 18.0. The molecule has 2 N–H and O–H groups in total. The molecule has 0 aromatic heterocycles. The highest BCUT2D eigenvalue weighted by Crippen LogP contribution is 2.12. The van der Waals surface area contributed by atoms with Gasteiger partial charge in [0.1, 0.15) is 0 Å². The third kappa shape index (κ3) is 8.88. The standard InChI is InChI=1S/C10H9ClO3.C8H7ClO2/c11-8-3-1-7(2-4-8)9(12)5-6-10(13)14;9-7-3-1-6(2-4-7)5-8(10)11/h1-4H,5-6H2,(H,13,14);1-4H,5H2,(H,10,11). The first-order valence-corrected chi connectivity index (χ1v) is 8.00. The molecule has 0 heterocycles. The zero-order valence-corrected chi connectivity index (χ0v) is 14.6. The lowest BCUT2D eigenvalue weighted by atomic mass is 10.1. The largest absolute Gasteiger partial charge is 0.481 e. The SMILES string of the molecule is O=C(O)CCC(=O)c1ccc(Cl)cc1.O=C(O)Cc1ccc(Cl)cc1. The van der Waals surface area contributed by atoms with Gasteiger partial charge in [0.2, 0.25) is 0 Å². The Bertz CT molecular complexity index is 724. The van der Waals surface area contributed by atoms with Gasteiger partial charge in [-0.25, -0.2) is 0 Å². The number of benzene rings is 2. The molecule has 0 saturated heterocycles. The van der Waals surface area contributed by atoms with E-state index in [0.29, 0.717) is 15.6 Å². The molecule has 132 valence electrons. The normalized spacial score (nSPS) is 9.68. The van der Waals surface area contributed by atoms with Crippen LogP contribution < -0.4 is 0 Å². The molecule has 0 amide bonds. The van der Waals surface area contributed by atoms with Crippen molar-refractivity contribution in [1.82, 2.24) is 0 Å². The van der Waals surface area contributed by atoms with Gasteiger partial charge in [0.25, 0.3) is 0 Å². The van der Waals surface area contributed by atoms with E-state index in [-0.39, 0.29) is 25.0 Å². The fourth-order valence-electron chi connectivity index (χ4n) is 1.78. The maximum absolute atomic E-state index is 11.4. The van der Waals surface area contributed by atoms with Crippen LogP contribution in [0, 0.1) is 0 Å². The van der Waals surface area contributed by atoms with Gasteiger partial charge in [-0.05, 0) is 42.0 Å². The lowest BCUT2D eigenvalue weighted by molar-refractivity contribution is -0.137. The minimum absolute atomic E-state index is 0.0248. The summed E-state index contributed by atoms with van der Waals surface area (Å²) in [7, 11) is 0. The van der Waals surface area contributed by atoms with E-state index in [1.807, 2.05) is 0 Å². The highest BCUT2D eigenvalue weighted by Gasteiger charge is 2.07. The Kier molecular flexibility index (Phi) is 8.67. The molecule has 25 heavy (non-hydrogen) atoms. The first kappa shape index (κ1) is 20.7. The van der Waals surface area contributed by atoms with Crippen molar-refractivity contribution >= 4 is 40.9 Å². The van der Waals surface area contributed by atoms with Gasteiger partial charge in [0, 0.05) is 22.0 Å². The summed E-state index contributed by atoms with van der Waals surface area (Å²) in [6.07, 6.45) is -0.0599. The molecule has 0 saturated carbocycles. The quantitative estimate of drug-likeness (QED) is 0.724. The molecular formula is C18H16Cl2O5. The fourth-order valence-corrected chi connectivity index (χ4v) is 2.03. The summed E-state index contributed by atoms with van der Waals surface area (Å²) in [6.45, 7) is 0. The first-order valence-electron chi connectivity index (χ1n) is 7.24. The Labute approximate surface area is 154 Å². The molecule has 2 rings (SSSR count). The van der Waals surface area contributed by atoms with Crippen LogP contribution in [0.4, 0.5) is 0 Å². The van der Waals surface area contributed by atoms with E-state index in [0.717, 1.165) is 5.56 Å². The second-order valence-electron chi connectivity index (χ2n) is 5.02. The number of aliphatic carboxylic acids is 2. The van der Waals surface area contributed by atoms with E-state index in [4.69, 9.17) is 33.4 Å². The molecule has 0 aliphatic rings. The smallest absolute Gasteiger partial charge is 0.307 e. The van der Waals surface area contributed by atoms with Gasteiger partial charge in [-0.1, -0.05) is 35.3 Å².